The number of piperidine rings is 1. The van der Waals surface area contributed by atoms with E-state index in [0.717, 1.165) is 16.8 Å². The third kappa shape index (κ3) is 5.91. The van der Waals surface area contributed by atoms with Crippen LogP contribution >= 0.6 is 0 Å². The van der Waals surface area contributed by atoms with Gasteiger partial charge in [-0.2, -0.15) is 5.10 Å². The van der Waals surface area contributed by atoms with Gasteiger partial charge in [0.1, 0.15) is 11.5 Å². The van der Waals surface area contributed by atoms with E-state index in [2.05, 4.69) is 10.4 Å². The van der Waals surface area contributed by atoms with E-state index >= 15 is 0 Å². The standard InChI is InChI=1S/C29H36N4O4/c1-28(2,3)26(35)30-23(19-37-18-22-13-9-6-10-14-22)25(34)33-16-15-24-29(20-33,27(36)32(4)31-24)17-21-11-7-5-8-12-21/h5-14,23H,15-20H2,1-4H3,(H,30,35)/t23-,29-/m1/s1. The lowest BCUT2D eigenvalue weighted by molar-refractivity contribution is -0.144. The predicted molar refractivity (Wildman–Crippen MR) is 141 cm³/mol. The highest BCUT2D eigenvalue weighted by atomic mass is 16.5. The maximum atomic E-state index is 13.8. The van der Waals surface area contributed by atoms with E-state index in [1.54, 1.807) is 32.7 Å². The van der Waals surface area contributed by atoms with Crippen LogP contribution in [0.25, 0.3) is 0 Å². The lowest BCUT2D eigenvalue weighted by Gasteiger charge is -2.40. The van der Waals surface area contributed by atoms with Gasteiger partial charge in [-0.1, -0.05) is 81.4 Å². The Kier molecular flexibility index (Phi) is 7.78. The van der Waals surface area contributed by atoms with Crippen molar-refractivity contribution in [1.29, 1.82) is 0 Å². The van der Waals surface area contributed by atoms with Gasteiger partial charge in [0.05, 0.1) is 18.9 Å². The molecule has 0 radical (unpaired) electrons. The Bertz CT molecular complexity index is 1160. The zero-order valence-corrected chi connectivity index (χ0v) is 22.1. The third-order valence-corrected chi connectivity index (χ3v) is 6.95. The molecule has 8 heteroatoms. The number of benzene rings is 2. The molecule has 0 spiro atoms. The number of nitrogens with one attached hydrogen (secondary N) is 1. The lowest BCUT2D eigenvalue weighted by Crippen LogP contribution is -2.60. The second-order valence-corrected chi connectivity index (χ2v) is 10.9. The number of ether oxygens (including phenoxy) is 1. The first-order chi connectivity index (χ1) is 17.6. The van der Waals surface area contributed by atoms with Crippen LogP contribution in [0, 0.1) is 10.8 Å². The van der Waals surface area contributed by atoms with Crippen molar-refractivity contribution in [1.82, 2.24) is 15.2 Å². The Morgan fingerprint density at radius 2 is 1.68 bits per heavy atom. The van der Waals surface area contributed by atoms with Gasteiger partial charge in [-0.3, -0.25) is 14.4 Å². The van der Waals surface area contributed by atoms with E-state index in [-0.39, 0.29) is 30.9 Å². The quantitative estimate of drug-likeness (QED) is 0.598. The van der Waals surface area contributed by atoms with E-state index in [4.69, 9.17) is 4.74 Å². The normalized spacial score (nSPS) is 20.3. The summed E-state index contributed by atoms with van der Waals surface area (Å²) in [6.45, 7) is 6.42. The predicted octanol–water partition coefficient (Wildman–Crippen LogP) is 3.02. The average Bonchev–Trinajstić information content (AvgIpc) is 3.12. The highest BCUT2D eigenvalue weighted by Gasteiger charge is 2.53. The molecule has 0 unspecified atom stereocenters. The number of carbonyl (C=O) groups is 3. The molecular weight excluding hydrogens is 468 g/mol. The van der Waals surface area contributed by atoms with Crippen LogP contribution in [0.15, 0.2) is 65.8 Å². The van der Waals surface area contributed by atoms with E-state index in [1.807, 2.05) is 60.7 Å². The molecule has 1 saturated heterocycles. The van der Waals surface area contributed by atoms with Crippen LogP contribution < -0.4 is 5.32 Å². The first-order valence-corrected chi connectivity index (χ1v) is 12.7. The molecule has 37 heavy (non-hydrogen) atoms. The van der Waals surface area contributed by atoms with E-state index in [9.17, 15) is 14.4 Å². The molecule has 0 saturated carbocycles. The minimum Gasteiger partial charge on any atom is -0.374 e. The average molecular weight is 505 g/mol. The molecular formula is C29H36N4O4. The third-order valence-electron chi connectivity index (χ3n) is 6.95. The summed E-state index contributed by atoms with van der Waals surface area (Å²) < 4.78 is 5.89. The second kappa shape index (κ2) is 10.8. The fourth-order valence-electron chi connectivity index (χ4n) is 4.85. The zero-order chi connectivity index (χ0) is 26.6. The van der Waals surface area contributed by atoms with Gasteiger partial charge in [-0.25, -0.2) is 5.01 Å². The summed E-state index contributed by atoms with van der Waals surface area (Å²) in [7, 11) is 1.66. The van der Waals surface area contributed by atoms with Crippen LogP contribution in [0.2, 0.25) is 0 Å². The smallest absolute Gasteiger partial charge is 0.256 e. The van der Waals surface area contributed by atoms with Gasteiger partial charge in [0.15, 0.2) is 0 Å². The van der Waals surface area contributed by atoms with Crippen LogP contribution in [0.4, 0.5) is 0 Å². The molecule has 2 heterocycles. The Labute approximate surface area is 218 Å². The number of amides is 3. The summed E-state index contributed by atoms with van der Waals surface area (Å²) in [4.78, 5) is 41.8. The van der Waals surface area contributed by atoms with Crippen molar-refractivity contribution in [3.63, 3.8) is 0 Å². The van der Waals surface area contributed by atoms with Crippen molar-refractivity contribution in [2.45, 2.75) is 46.3 Å². The minimum absolute atomic E-state index is 0.0343. The van der Waals surface area contributed by atoms with Crippen LogP contribution in [-0.4, -0.2) is 66.1 Å². The van der Waals surface area contributed by atoms with Crippen LogP contribution in [-0.2, 0) is 32.1 Å². The van der Waals surface area contributed by atoms with Crippen LogP contribution in [0.3, 0.4) is 0 Å². The molecule has 196 valence electrons. The van der Waals surface area contributed by atoms with Gasteiger partial charge < -0.3 is 15.0 Å². The summed E-state index contributed by atoms with van der Waals surface area (Å²) >= 11 is 0. The summed E-state index contributed by atoms with van der Waals surface area (Å²) in [5.74, 6) is -0.594. The molecule has 1 fully saturated rings. The lowest BCUT2D eigenvalue weighted by atomic mass is 9.73. The fourth-order valence-corrected chi connectivity index (χ4v) is 4.85. The van der Waals surface area contributed by atoms with Crippen molar-refractivity contribution in [2.24, 2.45) is 15.9 Å². The topological polar surface area (TPSA) is 91.3 Å². The summed E-state index contributed by atoms with van der Waals surface area (Å²) in [5.41, 5.74) is 1.22. The molecule has 2 aliphatic heterocycles. The fraction of sp³-hybridized carbons (Fsp3) is 0.448. The molecule has 0 bridgehead atoms. The first kappa shape index (κ1) is 26.5. The number of hydrogen-bond donors (Lipinski definition) is 1. The Morgan fingerprint density at radius 1 is 1.05 bits per heavy atom. The number of hydrogen-bond acceptors (Lipinski definition) is 5. The number of carbonyl (C=O) groups excluding carboxylic acids is 3. The van der Waals surface area contributed by atoms with Gasteiger partial charge in [0.25, 0.3) is 5.91 Å². The molecule has 0 aliphatic carbocycles. The van der Waals surface area contributed by atoms with E-state index < -0.39 is 16.9 Å². The first-order valence-electron chi connectivity index (χ1n) is 12.7. The SMILES string of the molecule is CN1N=C2CCN(C(=O)[C@@H](COCc3ccccc3)NC(=O)C(C)(C)C)C[C@@]2(Cc2ccccc2)C1=O. The maximum absolute atomic E-state index is 13.8. The number of likely N-dealkylation sites (tertiary alicyclic amines) is 1. The molecule has 3 amide bonds. The number of nitrogens with zero attached hydrogens (tertiary/aromatic N) is 3. The molecule has 0 aromatic heterocycles. The van der Waals surface area contributed by atoms with Crippen molar-refractivity contribution in [3.05, 3.63) is 71.8 Å². The number of hydrazone groups is 1. The van der Waals surface area contributed by atoms with Gasteiger partial charge in [-0.05, 0) is 17.5 Å². The van der Waals surface area contributed by atoms with E-state index in [1.165, 1.54) is 5.01 Å². The van der Waals surface area contributed by atoms with Crippen LogP contribution in [0.1, 0.15) is 38.3 Å². The molecule has 2 aromatic rings. The zero-order valence-electron chi connectivity index (χ0n) is 22.1. The summed E-state index contributed by atoms with van der Waals surface area (Å²) in [5, 5.41) is 8.83. The molecule has 8 nitrogen and oxygen atoms in total. The Hall–Kier alpha value is -3.52. The van der Waals surface area contributed by atoms with Gasteiger partial charge in [-0.15, -0.1) is 0 Å². The summed E-state index contributed by atoms with van der Waals surface area (Å²) in [6, 6.07) is 18.6. The monoisotopic (exact) mass is 504 g/mol. The molecule has 1 N–H and O–H groups in total. The molecule has 4 rings (SSSR count). The summed E-state index contributed by atoms with van der Waals surface area (Å²) in [6.07, 6.45) is 0.961. The Morgan fingerprint density at radius 3 is 2.30 bits per heavy atom. The van der Waals surface area contributed by atoms with Crippen LogP contribution in [0.5, 0.6) is 0 Å². The van der Waals surface area contributed by atoms with Gasteiger partial charge in [0, 0.05) is 32.0 Å². The highest BCUT2D eigenvalue weighted by Crippen LogP contribution is 2.38. The molecule has 2 aromatic carbocycles. The van der Waals surface area contributed by atoms with Gasteiger partial charge >= 0.3 is 0 Å². The number of fused-ring (bicyclic) bond motifs is 1. The largest absolute Gasteiger partial charge is 0.374 e. The second-order valence-electron chi connectivity index (χ2n) is 10.9. The van der Waals surface area contributed by atoms with Crippen molar-refractivity contribution < 1.29 is 19.1 Å². The maximum Gasteiger partial charge on any atom is 0.256 e. The van der Waals surface area contributed by atoms with Crippen molar-refractivity contribution in [2.75, 3.05) is 26.7 Å². The number of rotatable bonds is 8. The van der Waals surface area contributed by atoms with E-state index in [0.29, 0.717) is 26.0 Å². The van der Waals surface area contributed by atoms with Crippen molar-refractivity contribution in [3.8, 4) is 0 Å². The van der Waals surface area contributed by atoms with Gasteiger partial charge in [0.2, 0.25) is 11.8 Å². The van der Waals surface area contributed by atoms with Crippen molar-refractivity contribution >= 4 is 23.4 Å². The molecule has 2 aliphatic rings. The highest BCUT2D eigenvalue weighted by molar-refractivity contribution is 6.13. The minimum atomic E-state index is -0.909. The Balaban J connectivity index is 1.54. The molecule has 2 atom stereocenters.